The highest BCUT2D eigenvalue weighted by molar-refractivity contribution is 7.12. The van der Waals surface area contributed by atoms with E-state index in [2.05, 4.69) is 5.32 Å². The summed E-state index contributed by atoms with van der Waals surface area (Å²) in [5.41, 5.74) is 0.00491. The summed E-state index contributed by atoms with van der Waals surface area (Å²) >= 11 is 1.24. The fourth-order valence-corrected chi connectivity index (χ4v) is 3.38. The summed E-state index contributed by atoms with van der Waals surface area (Å²) in [6.07, 6.45) is 0. The third-order valence-electron chi connectivity index (χ3n) is 4.09. The second kappa shape index (κ2) is 6.49. The smallest absolute Gasteiger partial charge is 0.292 e. The van der Waals surface area contributed by atoms with Crippen LogP contribution < -0.4 is 10.2 Å². The van der Waals surface area contributed by atoms with E-state index in [0.717, 1.165) is 4.90 Å². The van der Waals surface area contributed by atoms with Crippen LogP contribution in [0.5, 0.6) is 0 Å². The molecule has 0 fully saturated rings. The van der Waals surface area contributed by atoms with Crippen molar-refractivity contribution in [3.05, 3.63) is 52.2 Å². The molecule has 4 amide bonds. The molecule has 2 heterocycles. The highest BCUT2D eigenvalue weighted by Gasteiger charge is 2.45. The number of fused-ring (bicyclic) bond motifs is 1. The average Bonchev–Trinajstić information content (AvgIpc) is 3.18. The topological polar surface area (TPSA) is 83.6 Å². The molecule has 0 bridgehead atoms. The van der Waals surface area contributed by atoms with E-state index >= 15 is 0 Å². The second-order valence-corrected chi connectivity index (χ2v) is 7.96. The Balaban J connectivity index is 1.96. The van der Waals surface area contributed by atoms with Gasteiger partial charge in [0.1, 0.15) is 5.92 Å². The lowest BCUT2D eigenvalue weighted by atomic mass is 9.95. The number of carbonyl (C=O) groups is 4. The van der Waals surface area contributed by atoms with Gasteiger partial charge in [-0.25, -0.2) is 9.69 Å². The number of hydrogen-bond acceptors (Lipinski definition) is 5. The number of Topliss-reactive ketones (excluding diaryl/α,β-unsaturated/α-hetero) is 1. The minimum absolute atomic E-state index is 0.326. The Kier molecular flexibility index (Phi) is 4.50. The number of imide groups is 2. The maximum absolute atomic E-state index is 12.9. The van der Waals surface area contributed by atoms with E-state index in [1.807, 2.05) is 0 Å². The number of urea groups is 1. The van der Waals surface area contributed by atoms with Gasteiger partial charge in [-0.15, -0.1) is 11.3 Å². The van der Waals surface area contributed by atoms with Crippen LogP contribution in [0.25, 0.3) is 0 Å². The molecule has 1 aliphatic heterocycles. The molecule has 0 aliphatic carbocycles. The third-order valence-corrected chi connectivity index (χ3v) is 4.97. The molecule has 134 valence electrons. The number of hydrogen-bond donors (Lipinski definition) is 1. The maximum Gasteiger partial charge on any atom is 0.335 e. The Morgan fingerprint density at radius 3 is 2.38 bits per heavy atom. The summed E-state index contributed by atoms with van der Waals surface area (Å²) in [6, 6.07) is 9.17. The highest BCUT2D eigenvalue weighted by atomic mass is 32.1. The molecule has 7 heteroatoms. The molecule has 0 radical (unpaired) electrons. The minimum Gasteiger partial charge on any atom is -0.292 e. The molecule has 1 aliphatic rings. The van der Waals surface area contributed by atoms with Gasteiger partial charge < -0.3 is 0 Å². The number of ketones is 1. The van der Waals surface area contributed by atoms with Crippen molar-refractivity contribution in [1.29, 1.82) is 0 Å². The molecule has 1 unspecified atom stereocenters. The largest absolute Gasteiger partial charge is 0.335 e. The Morgan fingerprint density at radius 1 is 1.08 bits per heavy atom. The van der Waals surface area contributed by atoms with Gasteiger partial charge in [-0.2, -0.15) is 0 Å². The molecular formula is C19H18N2O4S. The molecular weight excluding hydrogens is 352 g/mol. The number of thiophene rings is 1. The first-order valence-corrected chi connectivity index (χ1v) is 8.96. The monoisotopic (exact) mass is 370 g/mol. The second-order valence-electron chi connectivity index (χ2n) is 7.02. The van der Waals surface area contributed by atoms with Gasteiger partial charge in [0.2, 0.25) is 5.91 Å². The number of carbonyl (C=O) groups excluding carboxylic acids is 4. The van der Waals surface area contributed by atoms with E-state index in [4.69, 9.17) is 0 Å². The van der Waals surface area contributed by atoms with E-state index in [1.165, 1.54) is 11.3 Å². The number of amides is 4. The lowest BCUT2D eigenvalue weighted by molar-refractivity contribution is -0.127. The van der Waals surface area contributed by atoms with E-state index in [-0.39, 0.29) is 5.78 Å². The lowest BCUT2D eigenvalue weighted by Crippen LogP contribution is -2.48. The van der Waals surface area contributed by atoms with Crippen molar-refractivity contribution < 1.29 is 19.2 Å². The lowest BCUT2D eigenvalue weighted by Gasteiger charge is -2.21. The van der Waals surface area contributed by atoms with Gasteiger partial charge in [0.25, 0.3) is 5.91 Å². The summed E-state index contributed by atoms with van der Waals surface area (Å²) in [5, 5.41) is 4.00. The fraction of sp³-hybridized carbons (Fsp3) is 0.263. The zero-order valence-electron chi connectivity index (χ0n) is 14.6. The average molecular weight is 370 g/mol. The first kappa shape index (κ1) is 18.0. The van der Waals surface area contributed by atoms with Crippen molar-refractivity contribution >= 4 is 40.7 Å². The molecule has 0 saturated carbocycles. The number of anilines is 1. The van der Waals surface area contributed by atoms with Gasteiger partial charge in [-0.1, -0.05) is 45.0 Å². The van der Waals surface area contributed by atoms with E-state index in [0.29, 0.717) is 16.1 Å². The SMILES string of the molecule is CC(C)(C)C(=O)NC(=O)N1C(=O)C(C(=O)c2cccs2)c2ccccc21. The first-order chi connectivity index (χ1) is 12.2. The van der Waals surface area contributed by atoms with E-state index in [1.54, 1.807) is 62.5 Å². The molecule has 6 nitrogen and oxygen atoms in total. The van der Waals surface area contributed by atoms with Crippen LogP contribution in [0.15, 0.2) is 41.8 Å². The van der Waals surface area contributed by atoms with Crippen LogP contribution in [-0.2, 0) is 9.59 Å². The molecule has 0 saturated heterocycles. The van der Waals surface area contributed by atoms with Crippen molar-refractivity contribution in [3.63, 3.8) is 0 Å². The maximum atomic E-state index is 12.9. The van der Waals surface area contributed by atoms with Gasteiger partial charge >= 0.3 is 6.03 Å². The number of nitrogens with zero attached hydrogens (tertiary/aromatic N) is 1. The van der Waals surface area contributed by atoms with Crippen molar-refractivity contribution in [2.24, 2.45) is 5.41 Å². The molecule has 1 N–H and O–H groups in total. The summed E-state index contributed by atoms with van der Waals surface area (Å²) in [4.78, 5) is 51.8. The minimum atomic E-state index is -1.08. The Labute approximate surface area is 154 Å². The normalized spacial score (nSPS) is 16.3. The van der Waals surface area contributed by atoms with Crippen molar-refractivity contribution in [3.8, 4) is 0 Å². The van der Waals surface area contributed by atoms with Crippen LogP contribution in [0.1, 0.15) is 41.9 Å². The highest BCUT2D eigenvalue weighted by Crippen LogP contribution is 2.39. The van der Waals surface area contributed by atoms with Crippen LogP contribution in [0, 0.1) is 5.41 Å². The standard InChI is InChI=1S/C19H18N2O4S/c1-19(2,3)17(24)20-18(25)21-12-8-5-4-7-11(12)14(16(21)23)15(22)13-9-6-10-26-13/h4-10,14H,1-3H3,(H,20,24,25). The zero-order chi connectivity index (χ0) is 19.1. The van der Waals surface area contributed by atoms with Crippen molar-refractivity contribution in [1.82, 2.24) is 5.32 Å². The third kappa shape index (κ3) is 3.06. The molecule has 2 aromatic rings. The molecule has 1 aromatic carbocycles. The number of rotatable bonds is 2. The predicted molar refractivity (Wildman–Crippen MR) is 98.3 cm³/mol. The Hall–Kier alpha value is -2.80. The van der Waals surface area contributed by atoms with Gasteiger partial charge in [0.15, 0.2) is 5.78 Å². The van der Waals surface area contributed by atoms with Crippen molar-refractivity contribution in [2.45, 2.75) is 26.7 Å². The Bertz CT molecular complexity index is 897. The molecule has 1 atom stereocenters. The predicted octanol–water partition coefficient (Wildman–Crippen LogP) is 3.34. The molecule has 0 spiro atoms. The summed E-state index contributed by atoms with van der Waals surface area (Å²) < 4.78 is 0. The molecule has 3 rings (SSSR count). The first-order valence-electron chi connectivity index (χ1n) is 8.08. The summed E-state index contributed by atoms with van der Waals surface area (Å²) in [6.45, 7) is 5.00. The van der Waals surface area contributed by atoms with E-state index in [9.17, 15) is 19.2 Å². The van der Waals surface area contributed by atoms with Gasteiger partial charge in [-0.05, 0) is 23.1 Å². The summed E-state index contributed by atoms with van der Waals surface area (Å²) in [7, 11) is 0. The van der Waals surface area contributed by atoms with Crippen LogP contribution in [0.3, 0.4) is 0 Å². The fourth-order valence-electron chi connectivity index (χ4n) is 2.68. The quantitative estimate of drug-likeness (QED) is 0.649. The van der Waals surface area contributed by atoms with Crippen LogP contribution in [0.4, 0.5) is 10.5 Å². The number of para-hydroxylation sites is 1. The van der Waals surface area contributed by atoms with Gasteiger partial charge in [-0.3, -0.25) is 19.7 Å². The van der Waals surface area contributed by atoms with Crippen LogP contribution in [-0.4, -0.2) is 23.6 Å². The zero-order valence-corrected chi connectivity index (χ0v) is 15.4. The molecule has 26 heavy (non-hydrogen) atoms. The molecule has 1 aromatic heterocycles. The van der Waals surface area contributed by atoms with Gasteiger partial charge in [0.05, 0.1) is 10.6 Å². The number of nitrogens with one attached hydrogen (secondary N) is 1. The summed E-state index contributed by atoms with van der Waals surface area (Å²) in [5.74, 6) is -2.58. The van der Waals surface area contributed by atoms with Gasteiger partial charge in [0, 0.05) is 5.41 Å². The Morgan fingerprint density at radius 2 is 1.77 bits per heavy atom. The van der Waals surface area contributed by atoms with Crippen molar-refractivity contribution in [2.75, 3.05) is 4.90 Å². The van der Waals surface area contributed by atoms with Crippen LogP contribution in [0.2, 0.25) is 0 Å². The number of benzene rings is 1. The van der Waals surface area contributed by atoms with Crippen LogP contribution >= 0.6 is 11.3 Å². The van der Waals surface area contributed by atoms with E-state index < -0.39 is 29.2 Å².